The molecule has 0 aliphatic carbocycles. The van der Waals surface area contributed by atoms with E-state index in [-0.39, 0.29) is 5.91 Å². The third-order valence-corrected chi connectivity index (χ3v) is 6.58. The van der Waals surface area contributed by atoms with Crippen LogP contribution in [-0.4, -0.2) is 52.9 Å². The van der Waals surface area contributed by atoms with Gasteiger partial charge in [0, 0.05) is 25.3 Å². The molecule has 0 bridgehead atoms. The minimum atomic E-state index is -3.63. The maximum atomic E-state index is 13.0. The fourth-order valence-corrected chi connectivity index (χ4v) is 4.92. The van der Waals surface area contributed by atoms with E-state index in [1.807, 2.05) is 50.2 Å². The topological polar surface area (TPSA) is 79.0 Å². The largest absolute Gasteiger partial charge is 0.378 e. The van der Waals surface area contributed by atoms with Gasteiger partial charge in [0.05, 0.1) is 25.2 Å². The maximum absolute atomic E-state index is 13.0. The lowest BCUT2D eigenvalue weighted by Crippen LogP contribution is -2.49. The van der Waals surface area contributed by atoms with Gasteiger partial charge in [-0.05, 0) is 43.2 Å². The van der Waals surface area contributed by atoms with Gasteiger partial charge in [-0.25, -0.2) is 8.42 Å². The second kappa shape index (κ2) is 10.2. The van der Waals surface area contributed by atoms with Crippen LogP contribution in [0.3, 0.4) is 0 Å². The predicted octanol–water partition coefficient (Wildman–Crippen LogP) is 2.69. The van der Waals surface area contributed by atoms with Gasteiger partial charge in [-0.15, -0.1) is 0 Å². The number of aryl methyl sites for hydroxylation is 1. The molecule has 2 aromatic carbocycles. The van der Waals surface area contributed by atoms with Crippen LogP contribution in [0.1, 0.15) is 24.5 Å². The molecule has 3 rings (SSSR count). The van der Waals surface area contributed by atoms with Gasteiger partial charge in [0.1, 0.15) is 6.04 Å². The Morgan fingerprint density at radius 2 is 1.71 bits per heavy atom. The molecule has 8 heteroatoms. The van der Waals surface area contributed by atoms with Crippen molar-refractivity contribution in [1.82, 2.24) is 5.32 Å². The molecule has 0 spiro atoms. The van der Waals surface area contributed by atoms with Crippen molar-refractivity contribution < 1.29 is 17.9 Å². The van der Waals surface area contributed by atoms with E-state index in [0.717, 1.165) is 49.4 Å². The van der Waals surface area contributed by atoms with Crippen LogP contribution in [0.2, 0.25) is 0 Å². The van der Waals surface area contributed by atoms with Gasteiger partial charge in [0.15, 0.2) is 0 Å². The van der Waals surface area contributed by atoms with Crippen molar-refractivity contribution in [2.24, 2.45) is 0 Å². The highest BCUT2D eigenvalue weighted by Gasteiger charge is 2.31. The number of amides is 1. The number of sulfonamides is 1. The average molecular weight is 446 g/mol. The Morgan fingerprint density at radius 3 is 2.26 bits per heavy atom. The Labute approximate surface area is 185 Å². The minimum Gasteiger partial charge on any atom is -0.378 e. The molecule has 0 unspecified atom stereocenters. The quantitative estimate of drug-likeness (QED) is 0.676. The summed E-state index contributed by atoms with van der Waals surface area (Å²) in [5, 5.41) is 2.90. The maximum Gasteiger partial charge on any atom is 0.244 e. The Hall–Kier alpha value is -2.58. The number of hydrogen-bond donors (Lipinski definition) is 1. The van der Waals surface area contributed by atoms with Crippen molar-refractivity contribution in [2.45, 2.75) is 32.9 Å². The molecule has 0 aromatic heterocycles. The average Bonchev–Trinajstić information content (AvgIpc) is 2.77. The molecule has 0 saturated carbocycles. The lowest BCUT2D eigenvalue weighted by molar-refractivity contribution is -0.122. The van der Waals surface area contributed by atoms with Gasteiger partial charge < -0.3 is 15.0 Å². The van der Waals surface area contributed by atoms with Crippen LogP contribution in [0, 0.1) is 6.92 Å². The number of anilines is 2. The lowest BCUT2D eigenvalue weighted by atomic mass is 10.1. The highest BCUT2D eigenvalue weighted by atomic mass is 32.2. The zero-order valence-electron chi connectivity index (χ0n) is 18.4. The van der Waals surface area contributed by atoms with Crippen molar-refractivity contribution in [3.05, 3.63) is 59.7 Å². The number of ether oxygens (including phenoxy) is 1. The van der Waals surface area contributed by atoms with Crippen molar-refractivity contribution in [1.29, 1.82) is 0 Å². The molecular formula is C23H31N3O4S. The normalized spacial score (nSPS) is 15.4. The number of nitrogens with zero attached hydrogens (tertiary/aromatic N) is 2. The number of nitrogens with one attached hydrogen (secondary N) is 1. The van der Waals surface area contributed by atoms with E-state index in [4.69, 9.17) is 4.74 Å². The van der Waals surface area contributed by atoms with E-state index >= 15 is 0 Å². The molecule has 1 N–H and O–H groups in total. The van der Waals surface area contributed by atoms with Crippen LogP contribution in [0.15, 0.2) is 48.5 Å². The van der Waals surface area contributed by atoms with Gasteiger partial charge in [-0.1, -0.05) is 36.8 Å². The van der Waals surface area contributed by atoms with Crippen molar-refractivity contribution in [2.75, 3.05) is 41.8 Å². The predicted molar refractivity (Wildman–Crippen MR) is 124 cm³/mol. The summed E-state index contributed by atoms with van der Waals surface area (Å²) in [6.07, 6.45) is 1.50. The van der Waals surface area contributed by atoms with Gasteiger partial charge in [0.25, 0.3) is 0 Å². The van der Waals surface area contributed by atoms with Crippen LogP contribution in [0.5, 0.6) is 0 Å². The second-order valence-corrected chi connectivity index (χ2v) is 9.66. The first kappa shape index (κ1) is 23.1. The Kier molecular flexibility index (Phi) is 7.56. The zero-order valence-corrected chi connectivity index (χ0v) is 19.2. The standard InChI is InChI=1S/C23H31N3O4S/c1-4-22(26(31(3,28)29)21-9-5-18(2)6-10-21)23(27)24-17-19-7-11-20(12-8-19)25-13-15-30-16-14-25/h5-12,22H,4,13-17H2,1-3H3,(H,24,27)/t22-/m1/s1. The Bertz CT molecular complexity index is 969. The molecule has 1 fully saturated rings. The molecule has 1 amide bonds. The lowest BCUT2D eigenvalue weighted by Gasteiger charge is -2.30. The fraction of sp³-hybridized carbons (Fsp3) is 0.435. The first-order valence-electron chi connectivity index (χ1n) is 10.5. The highest BCUT2D eigenvalue weighted by Crippen LogP contribution is 2.23. The minimum absolute atomic E-state index is 0.314. The SMILES string of the molecule is CC[C@H](C(=O)NCc1ccc(N2CCOCC2)cc1)N(c1ccc(C)cc1)S(C)(=O)=O. The van der Waals surface area contributed by atoms with E-state index < -0.39 is 16.1 Å². The number of benzene rings is 2. The molecule has 1 aliphatic rings. The summed E-state index contributed by atoms with van der Waals surface area (Å²) in [5.74, 6) is -0.314. The second-order valence-electron chi connectivity index (χ2n) is 7.80. The molecule has 7 nitrogen and oxygen atoms in total. The van der Waals surface area contributed by atoms with E-state index in [0.29, 0.717) is 18.7 Å². The van der Waals surface area contributed by atoms with Crippen LogP contribution in [-0.2, 0) is 26.1 Å². The van der Waals surface area contributed by atoms with Gasteiger partial charge >= 0.3 is 0 Å². The first-order valence-corrected chi connectivity index (χ1v) is 12.4. The molecule has 2 aromatic rings. The van der Waals surface area contributed by atoms with Crippen molar-refractivity contribution in [3.63, 3.8) is 0 Å². The summed E-state index contributed by atoms with van der Waals surface area (Å²) >= 11 is 0. The number of morpholine rings is 1. The smallest absolute Gasteiger partial charge is 0.244 e. The van der Waals surface area contributed by atoms with Crippen LogP contribution in [0.4, 0.5) is 11.4 Å². The summed E-state index contributed by atoms with van der Waals surface area (Å²) in [7, 11) is -3.63. The third-order valence-electron chi connectivity index (χ3n) is 5.40. The summed E-state index contributed by atoms with van der Waals surface area (Å²) < 4.78 is 31.6. The summed E-state index contributed by atoms with van der Waals surface area (Å²) in [6.45, 7) is 7.28. The number of rotatable bonds is 8. The number of hydrogen-bond acceptors (Lipinski definition) is 5. The van der Waals surface area contributed by atoms with Gasteiger partial charge in [-0.2, -0.15) is 0 Å². The molecular weight excluding hydrogens is 414 g/mol. The van der Waals surface area contributed by atoms with Crippen molar-refractivity contribution >= 4 is 27.3 Å². The third kappa shape index (κ3) is 5.98. The van der Waals surface area contributed by atoms with Gasteiger partial charge in [0.2, 0.25) is 15.9 Å². The Morgan fingerprint density at radius 1 is 1.10 bits per heavy atom. The van der Waals surface area contributed by atoms with Crippen LogP contribution < -0.4 is 14.5 Å². The molecule has 1 aliphatic heterocycles. The van der Waals surface area contributed by atoms with Crippen molar-refractivity contribution in [3.8, 4) is 0 Å². The fourth-order valence-electron chi connectivity index (χ4n) is 3.71. The monoisotopic (exact) mass is 445 g/mol. The Balaban J connectivity index is 1.68. The van der Waals surface area contributed by atoms with E-state index in [1.165, 1.54) is 4.31 Å². The molecule has 168 valence electrons. The number of carbonyl (C=O) groups excluding carboxylic acids is 1. The first-order chi connectivity index (χ1) is 14.8. The summed E-state index contributed by atoms with van der Waals surface area (Å²) in [4.78, 5) is 15.2. The summed E-state index contributed by atoms with van der Waals surface area (Å²) in [5.41, 5.74) is 3.61. The van der Waals surface area contributed by atoms with Gasteiger partial charge in [-0.3, -0.25) is 9.10 Å². The zero-order chi connectivity index (χ0) is 22.4. The molecule has 31 heavy (non-hydrogen) atoms. The number of carbonyl (C=O) groups is 1. The van der Waals surface area contributed by atoms with E-state index in [9.17, 15) is 13.2 Å². The molecule has 1 heterocycles. The van der Waals surface area contributed by atoms with E-state index in [1.54, 1.807) is 12.1 Å². The molecule has 0 radical (unpaired) electrons. The van der Waals surface area contributed by atoms with Crippen LogP contribution >= 0.6 is 0 Å². The molecule has 1 saturated heterocycles. The van der Waals surface area contributed by atoms with Crippen LogP contribution in [0.25, 0.3) is 0 Å². The summed E-state index contributed by atoms with van der Waals surface area (Å²) in [6, 6.07) is 14.4. The molecule has 1 atom stereocenters. The van der Waals surface area contributed by atoms with E-state index in [2.05, 4.69) is 10.2 Å². The highest BCUT2D eigenvalue weighted by molar-refractivity contribution is 7.92.